The summed E-state index contributed by atoms with van der Waals surface area (Å²) in [7, 11) is 1.81. The fraction of sp³-hybridized carbons (Fsp3) is 0.615. The Morgan fingerprint density at radius 2 is 2.12 bits per heavy atom. The molecular formula is C13H22N2O2. The van der Waals surface area contributed by atoms with E-state index < -0.39 is 0 Å². The molecule has 2 N–H and O–H groups in total. The largest absolute Gasteiger partial charge is 0.467 e. The molecule has 0 saturated heterocycles. The summed E-state index contributed by atoms with van der Waals surface area (Å²) in [6.45, 7) is 1.29. The van der Waals surface area contributed by atoms with Crippen LogP contribution in [-0.2, 0) is 11.3 Å². The van der Waals surface area contributed by atoms with Gasteiger partial charge in [0.05, 0.1) is 12.8 Å². The quantitative estimate of drug-likeness (QED) is 0.706. The Bertz CT molecular complexity index is 309. The SMILES string of the molecule is CN(Cc1ccco1)C(=O)CCCCCCN. The van der Waals surface area contributed by atoms with Crippen molar-refractivity contribution in [3.05, 3.63) is 24.2 Å². The molecule has 1 aromatic heterocycles. The van der Waals surface area contributed by atoms with Crippen molar-refractivity contribution in [1.29, 1.82) is 0 Å². The number of nitrogens with zero attached hydrogens (tertiary/aromatic N) is 1. The van der Waals surface area contributed by atoms with Crippen LogP contribution < -0.4 is 5.73 Å². The summed E-state index contributed by atoms with van der Waals surface area (Å²) in [5, 5.41) is 0. The third kappa shape index (κ3) is 5.54. The number of furan rings is 1. The van der Waals surface area contributed by atoms with Gasteiger partial charge < -0.3 is 15.1 Å². The van der Waals surface area contributed by atoms with Gasteiger partial charge in [-0.2, -0.15) is 0 Å². The number of carbonyl (C=O) groups is 1. The summed E-state index contributed by atoms with van der Waals surface area (Å²) in [6, 6.07) is 3.71. The molecule has 0 aromatic carbocycles. The zero-order valence-corrected chi connectivity index (χ0v) is 10.5. The van der Waals surface area contributed by atoms with Gasteiger partial charge in [-0.3, -0.25) is 4.79 Å². The zero-order chi connectivity index (χ0) is 12.5. The molecule has 4 nitrogen and oxygen atoms in total. The second kappa shape index (κ2) is 7.90. The molecule has 0 aliphatic rings. The lowest BCUT2D eigenvalue weighted by atomic mass is 10.1. The Balaban J connectivity index is 2.14. The lowest BCUT2D eigenvalue weighted by Crippen LogP contribution is -2.25. The van der Waals surface area contributed by atoms with Crippen molar-refractivity contribution in [1.82, 2.24) is 4.90 Å². The molecule has 0 spiro atoms. The van der Waals surface area contributed by atoms with Crippen LogP contribution in [0, 0.1) is 0 Å². The van der Waals surface area contributed by atoms with Crippen molar-refractivity contribution in [2.75, 3.05) is 13.6 Å². The molecule has 0 atom stereocenters. The second-order valence-electron chi connectivity index (χ2n) is 4.28. The first-order chi connectivity index (χ1) is 8.24. The predicted molar refractivity (Wildman–Crippen MR) is 67.3 cm³/mol. The molecule has 1 heterocycles. The number of amides is 1. The molecule has 0 saturated carbocycles. The summed E-state index contributed by atoms with van der Waals surface area (Å²) < 4.78 is 5.20. The lowest BCUT2D eigenvalue weighted by molar-refractivity contribution is -0.130. The van der Waals surface area contributed by atoms with E-state index in [-0.39, 0.29) is 5.91 Å². The summed E-state index contributed by atoms with van der Waals surface area (Å²) in [4.78, 5) is 13.5. The molecule has 0 aliphatic heterocycles. The second-order valence-corrected chi connectivity index (χ2v) is 4.28. The number of unbranched alkanes of at least 4 members (excludes halogenated alkanes) is 3. The molecule has 0 unspecified atom stereocenters. The molecule has 0 radical (unpaired) electrons. The number of hydrogen-bond acceptors (Lipinski definition) is 3. The van der Waals surface area contributed by atoms with E-state index in [1.165, 1.54) is 0 Å². The van der Waals surface area contributed by atoms with Crippen LogP contribution in [0.2, 0.25) is 0 Å². The Labute approximate surface area is 103 Å². The Morgan fingerprint density at radius 3 is 2.76 bits per heavy atom. The first-order valence-electron chi connectivity index (χ1n) is 6.20. The van der Waals surface area contributed by atoms with E-state index in [9.17, 15) is 4.79 Å². The van der Waals surface area contributed by atoms with E-state index in [0.717, 1.165) is 38.0 Å². The van der Waals surface area contributed by atoms with Crippen molar-refractivity contribution >= 4 is 5.91 Å². The average Bonchev–Trinajstić information content (AvgIpc) is 2.81. The highest BCUT2D eigenvalue weighted by molar-refractivity contribution is 5.75. The van der Waals surface area contributed by atoms with Gasteiger partial charge in [-0.1, -0.05) is 12.8 Å². The topological polar surface area (TPSA) is 59.5 Å². The van der Waals surface area contributed by atoms with Gasteiger partial charge in [0.15, 0.2) is 0 Å². The van der Waals surface area contributed by atoms with Crippen LogP contribution in [0.15, 0.2) is 22.8 Å². The minimum atomic E-state index is 0.175. The summed E-state index contributed by atoms with van der Waals surface area (Å²) >= 11 is 0. The van der Waals surface area contributed by atoms with Crippen LogP contribution in [0.1, 0.15) is 37.9 Å². The number of rotatable bonds is 8. The third-order valence-electron chi connectivity index (χ3n) is 2.74. The zero-order valence-electron chi connectivity index (χ0n) is 10.5. The van der Waals surface area contributed by atoms with Crippen LogP contribution in [0.5, 0.6) is 0 Å². The van der Waals surface area contributed by atoms with Crippen LogP contribution in [0.3, 0.4) is 0 Å². The highest BCUT2D eigenvalue weighted by Crippen LogP contribution is 2.08. The lowest BCUT2D eigenvalue weighted by Gasteiger charge is -2.15. The van der Waals surface area contributed by atoms with Gasteiger partial charge in [-0.05, 0) is 31.5 Å². The van der Waals surface area contributed by atoms with E-state index in [0.29, 0.717) is 13.0 Å². The highest BCUT2D eigenvalue weighted by Gasteiger charge is 2.09. The highest BCUT2D eigenvalue weighted by atomic mass is 16.3. The standard InChI is InChI=1S/C13H22N2O2/c1-15(11-12-7-6-10-17-12)13(16)8-4-2-3-5-9-14/h6-7,10H,2-5,8-9,11,14H2,1H3. The van der Waals surface area contributed by atoms with E-state index in [2.05, 4.69) is 0 Å². The van der Waals surface area contributed by atoms with Gasteiger partial charge in [-0.25, -0.2) is 0 Å². The Kier molecular flexibility index (Phi) is 6.40. The Hall–Kier alpha value is -1.29. The van der Waals surface area contributed by atoms with Gasteiger partial charge in [0, 0.05) is 13.5 Å². The normalized spacial score (nSPS) is 10.5. The van der Waals surface area contributed by atoms with Gasteiger partial charge in [-0.15, -0.1) is 0 Å². The predicted octanol–water partition coefficient (Wildman–Crippen LogP) is 2.15. The fourth-order valence-electron chi connectivity index (χ4n) is 1.69. The first kappa shape index (κ1) is 13.8. The maximum atomic E-state index is 11.8. The number of hydrogen-bond donors (Lipinski definition) is 1. The van der Waals surface area contributed by atoms with Crippen LogP contribution >= 0.6 is 0 Å². The first-order valence-corrected chi connectivity index (χ1v) is 6.20. The van der Waals surface area contributed by atoms with Crippen LogP contribution in [0.25, 0.3) is 0 Å². The maximum absolute atomic E-state index is 11.8. The monoisotopic (exact) mass is 238 g/mol. The summed E-state index contributed by atoms with van der Waals surface area (Å²) in [5.41, 5.74) is 5.41. The van der Waals surface area contributed by atoms with E-state index in [4.69, 9.17) is 10.2 Å². The van der Waals surface area contributed by atoms with E-state index in [1.54, 1.807) is 11.2 Å². The number of carbonyl (C=O) groups excluding carboxylic acids is 1. The van der Waals surface area contributed by atoms with Crippen molar-refractivity contribution in [2.45, 2.75) is 38.6 Å². The molecule has 0 bridgehead atoms. The van der Waals surface area contributed by atoms with Crippen molar-refractivity contribution < 1.29 is 9.21 Å². The fourth-order valence-corrected chi connectivity index (χ4v) is 1.69. The minimum absolute atomic E-state index is 0.175. The smallest absolute Gasteiger partial charge is 0.222 e. The molecule has 0 fully saturated rings. The van der Waals surface area contributed by atoms with Gasteiger partial charge in [0.1, 0.15) is 5.76 Å². The molecule has 1 rings (SSSR count). The van der Waals surface area contributed by atoms with Gasteiger partial charge >= 0.3 is 0 Å². The van der Waals surface area contributed by atoms with Crippen molar-refractivity contribution in [3.8, 4) is 0 Å². The molecule has 4 heteroatoms. The minimum Gasteiger partial charge on any atom is -0.467 e. The van der Waals surface area contributed by atoms with Crippen molar-refractivity contribution in [2.24, 2.45) is 5.73 Å². The van der Waals surface area contributed by atoms with Crippen molar-refractivity contribution in [3.63, 3.8) is 0 Å². The number of nitrogens with two attached hydrogens (primary N) is 1. The van der Waals surface area contributed by atoms with Crippen LogP contribution in [-0.4, -0.2) is 24.4 Å². The Morgan fingerprint density at radius 1 is 1.35 bits per heavy atom. The van der Waals surface area contributed by atoms with Gasteiger partial charge in [0.2, 0.25) is 5.91 Å². The van der Waals surface area contributed by atoms with E-state index >= 15 is 0 Å². The molecule has 1 aromatic rings. The summed E-state index contributed by atoms with van der Waals surface area (Å²) in [6.07, 6.45) is 6.43. The average molecular weight is 238 g/mol. The molecular weight excluding hydrogens is 216 g/mol. The molecule has 1 amide bonds. The van der Waals surface area contributed by atoms with Gasteiger partial charge in [0.25, 0.3) is 0 Å². The molecule has 17 heavy (non-hydrogen) atoms. The molecule has 0 aliphatic carbocycles. The molecule has 96 valence electrons. The van der Waals surface area contributed by atoms with E-state index in [1.807, 2.05) is 19.2 Å². The van der Waals surface area contributed by atoms with Crippen LogP contribution in [0.4, 0.5) is 0 Å². The third-order valence-corrected chi connectivity index (χ3v) is 2.74. The maximum Gasteiger partial charge on any atom is 0.222 e. The summed E-state index contributed by atoms with van der Waals surface area (Å²) in [5.74, 6) is 0.998.